The molecular weight excluding hydrogens is 825 g/mol. The zero-order valence-corrected chi connectivity index (χ0v) is 36.9. The molecule has 0 bridgehead atoms. The minimum Gasteiger partial charge on any atom is -0.456 e. The van der Waals surface area contributed by atoms with Crippen molar-refractivity contribution in [2.75, 3.05) is 0 Å². The maximum Gasteiger partial charge on any atom is 0.160 e. The van der Waals surface area contributed by atoms with Crippen LogP contribution in [0.1, 0.15) is 22.3 Å². The molecule has 14 rings (SSSR count). The molecule has 12 aromatic rings. The van der Waals surface area contributed by atoms with Crippen LogP contribution in [0.15, 0.2) is 247 Å². The first kappa shape index (κ1) is 38.4. The van der Waals surface area contributed by atoms with Crippen molar-refractivity contribution in [1.29, 1.82) is 0 Å². The third-order valence-corrected chi connectivity index (χ3v) is 14.3. The fourth-order valence-electron chi connectivity index (χ4n) is 11.3. The van der Waals surface area contributed by atoms with Crippen molar-refractivity contribution in [3.05, 3.63) is 265 Å². The van der Waals surface area contributed by atoms with E-state index in [-0.39, 0.29) is 0 Å². The van der Waals surface area contributed by atoms with Crippen LogP contribution in [0.25, 0.3) is 111 Å². The van der Waals surface area contributed by atoms with Gasteiger partial charge in [0.25, 0.3) is 0 Å². The van der Waals surface area contributed by atoms with Crippen LogP contribution >= 0.6 is 0 Å². The summed E-state index contributed by atoms with van der Waals surface area (Å²) in [4.78, 5) is 10.5. The Hall–Kier alpha value is -8.92. The van der Waals surface area contributed by atoms with Crippen molar-refractivity contribution in [2.24, 2.45) is 0 Å². The highest BCUT2D eigenvalue weighted by Gasteiger charge is 2.52. The van der Waals surface area contributed by atoms with E-state index < -0.39 is 5.41 Å². The molecule has 10 aromatic carbocycles. The van der Waals surface area contributed by atoms with Crippen LogP contribution in [0.4, 0.5) is 0 Å². The van der Waals surface area contributed by atoms with Gasteiger partial charge in [-0.2, -0.15) is 0 Å². The van der Waals surface area contributed by atoms with Crippen LogP contribution in [0.3, 0.4) is 0 Å². The average molecular weight is 865 g/mol. The van der Waals surface area contributed by atoms with Crippen molar-refractivity contribution in [3.8, 4) is 89.5 Å². The molecule has 68 heavy (non-hydrogen) atoms. The molecule has 3 nitrogen and oxygen atoms in total. The zero-order chi connectivity index (χ0) is 44.8. The second-order valence-corrected chi connectivity index (χ2v) is 18.0. The SMILES string of the molecule is c1ccc(-c2ccc3oc4cc(-c5nc(-c6ccccc6)cc(-c6cccc(-c7cccc(-c8cccc9c8C8(c%10ccccc%10-c%10ccccc%108)c8ccccc8-9)c7)c6)n5)ccc4c3c2)cc1. The summed E-state index contributed by atoms with van der Waals surface area (Å²) < 4.78 is 6.49. The van der Waals surface area contributed by atoms with Crippen molar-refractivity contribution in [2.45, 2.75) is 5.41 Å². The van der Waals surface area contributed by atoms with Crippen molar-refractivity contribution in [3.63, 3.8) is 0 Å². The van der Waals surface area contributed by atoms with Crippen LogP contribution < -0.4 is 0 Å². The van der Waals surface area contributed by atoms with Gasteiger partial charge in [-0.3, -0.25) is 0 Å². The van der Waals surface area contributed by atoms with Gasteiger partial charge in [-0.25, -0.2) is 9.97 Å². The molecule has 0 saturated heterocycles. The lowest BCUT2D eigenvalue weighted by atomic mass is 9.68. The van der Waals surface area contributed by atoms with Gasteiger partial charge in [0.2, 0.25) is 0 Å². The third kappa shape index (κ3) is 5.79. The lowest BCUT2D eigenvalue weighted by Gasteiger charge is -2.32. The van der Waals surface area contributed by atoms with E-state index in [0.29, 0.717) is 5.82 Å². The first-order chi connectivity index (χ1) is 33.7. The molecule has 2 aliphatic rings. The molecular formula is C65H40N2O. The molecule has 0 aliphatic heterocycles. The number of fused-ring (bicyclic) bond motifs is 13. The molecule has 0 radical (unpaired) electrons. The molecule has 2 aliphatic carbocycles. The number of benzene rings is 10. The fraction of sp³-hybridized carbons (Fsp3) is 0.0154. The minimum absolute atomic E-state index is 0.437. The molecule has 2 heterocycles. The van der Waals surface area contributed by atoms with Crippen molar-refractivity contribution >= 4 is 21.9 Å². The van der Waals surface area contributed by atoms with Crippen LogP contribution in [0.2, 0.25) is 0 Å². The highest BCUT2D eigenvalue weighted by atomic mass is 16.3. The number of aromatic nitrogens is 2. The van der Waals surface area contributed by atoms with E-state index >= 15 is 0 Å². The Labute approximate surface area is 394 Å². The van der Waals surface area contributed by atoms with E-state index in [0.717, 1.165) is 66.7 Å². The standard InChI is InChI=1S/C65H40N2O/c1-3-16-41(17-4-1)45-33-35-61-55(38-45)53-34-32-48(39-62(53)68-61)64-66-59(42-18-5-2-6-19-42)40-60(67-64)47-23-14-21-44(37-47)43-20-13-22-46(36-43)49-27-15-28-54-52-26-9-12-31-58(52)65(63(49)54)56-29-10-7-24-50(56)51-25-8-11-30-57(51)65/h1-40H. The van der Waals surface area contributed by atoms with Gasteiger partial charge in [-0.05, 0) is 120 Å². The molecule has 2 aromatic heterocycles. The van der Waals surface area contributed by atoms with Gasteiger partial charge in [0.1, 0.15) is 11.2 Å². The molecule has 1 spiro atoms. The van der Waals surface area contributed by atoms with E-state index in [4.69, 9.17) is 14.4 Å². The normalized spacial score (nSPS) is 12.8. The number of furan rings is 1. The summed E-state index contributed by atoms with van der Waals surface area (Å²) in [6.07, 6.45) is 0. The van der Waals surface area contributed by atoms with E-state index in [1.807, 2.05) is 12.1 Å². The van der Waals surface area contributed by atoms with Crippen molar-refractivity contribution < 1.29 is 4.42 Å². The second kappa shape index (κ2) is 15.1. The molecule has 3 heteroatoms. The highest BCUT2D eigenvalue weighted by Crippen LogP contribution is 2.64. The molecule has 0 unspecified atom stereocenters. The molecule has 0 amide bonds. The Morgan fingerprint density at radius 2 is 0.765 bits per heavy atom. The zero-order valence-electron chi connectivity index (χ0n) is 36.9. The van der Waals surface area contributed by atoms with Gasteiger partial charge < -0.3 is 4.42 Å². The number of rotatable bonds is 6. The van der Waals surface area contributed by atoms with Crippen LogP contribution in [-0.4, -0.2) is 9.97 Å². The van der Waals surface area contributed by atoms with Crippen LogP contribution in [0, 0.1) is 0 Å². The molecule has 316 valence electrons. The van der Waals surface area contributed by atoms with E-state index in [1.54, 1.807) is 0 Å². The average Bonchev–Trinajstić information content (AvgIpc) is 4.05. The molecule has 0 N–H and O–H groups in total. The Balaban J connectivity index is 0.879. The lowest BCUT2D eigenvalue weighted by molar-refractivity contribution is 0.669. The topological polar surface area (TPSA) is 38.9 Å². The van der Waals surface area contributed by atoms with Gasteiger partial charge in [0.15, 0.2) is 5.82 Å². The van der Waals surface area contributed by atoms with Crippen LogP contribution in [-0.2, 0) is 5.41 Å². The maximum absolute atomic E-state index is 6.49. The third-order valence-electron chi connectivity index (χ3n) is 14.3. The lowest BCUT2D eigenvalue weighted by Crippen LogP contribution is -2.26. The van der Waals surface area contributed by atoms with Gasteiger partial charge in [0.05, 0.1) is 16.8 Å². The molecule has 0 saturated carbocycles. The predicted molar refractivity (Wildman–Crippen MR) is 278 cm³/mol. The van der Waals surface area contributed by atoms with Crippen molar-refractivity contribution in [1.82, 2.24) is 9.97 Å². The van der Waals surface area contributed by atoms with Gasteiger partial charge in [0, 0.05) is 27.5 Å². The first-order valence-electron chi connectivity index (χ1n) is 23.3. The smallest absolute Gasteiger partial charge is 0.160 e. The summed E-state index contributed by atoms with van der Waals surface area (Å²) in [6, 6.07) is 87.5. The maximum atomic E-state index is 6.49. The number of nitrogens with zero attached hydrogens (tertiary/aromatic N) is 2. The second-order valence-electron chi connectivity index (χ2n) is 18.0. The Morgan fingerprint density at radius 3 is 1.46 bits per heavy atom. The Kier molecular flexibility index (Phi) is 8.50. The van der Waals surface area contributed by atoms with E-state index in [9.17, 15) is 0 Å². The van der Waals surface area contributed by atoms with E-state index in [1.165, 1.54) is 61.2 Å². The minimum atomic E-state index is -0.437. The summed E-state index contributed by atoms with van der Waals surface area (Å²) in [7, 11) is 0. The molecule has 0 fully saturated rings. The van der Waals surface area contributed by atoms with E-state index in [2.05, 4.69) is 231 Å². The quantitative estimate of drug-likeness (QED) is 0.167. The highest BCUT2D eigenvalue weighted by molar-refractivity contribution is 6.07. The first-order valence-corrected chi connectivity index (χ1v) is 23.3. The summed E-state index contributed by atoms with van der Waals surface area (Å²) in [5.41, 5.74) is 23.5. The fourth-order valence-corrected chi connectivity index (χ4v) is 11.3. The number of hydrogen-bond acceptors (Lipinski definition) is 3. The Bertz CT molecular complexity index is 3910. The summed E-state index contributed by atoms with van der Waals surface area (Å²) in [5, 5.41) is 2.15. The van der Waals surface area contributed by atoms with Crippen LogP contribution in [0.5, 0.6) is 0 Å². The molecule has 0 atom stereocenters. The summed E-state index contributed by atoms with van der Waals surface area (Å²) in [6.45, 7) is 0. The monoisotopic (exact) mass is 864 g/mol. The largest absolute Gasteiger partial charge is 0.456 e. The summed E-state index contributed by atoms with van der Waals surface area (Å²) in [5.74, 6) is 0.643. The number of hydrogen-bond donors (Lipinski definition) is 0. The Morgan fingerprint density at radius 1 is 0.279 bits per heavy atom. The van der Waals surface area contributed by atoms with Gasteiger partial charge in [-0.15, -0.1) is 0 Å². The van der Waals surface area contributed by atoms with Gasteiger partial charge in [-0.1, -0.05) is 200 Å². The van der Waals surface area contributed by atoms with Gasteiger partial charge >= 0.3 is 0 Å². The summed E-state index contributed by atoms with van der Waals surface area (Å²) >= 11 is 0. The predicted octanol–water partition coefficient (Wildman–Crippen LogP) is 16.7.